The fourth-order valence-corrected chi connectivity index (χ4v) is 2.62. The summed E-state index contributed by atoms with van der Waals surface area (Å²) in [5.41, 5.74) is -0.215. The number of hydrogen-bond acceptors (Lipinski definition) is 4. The third-order valence-electron chi connectivity index (χ3n) is 3.95. The van der Waals surface area contributed by atoms with Crippen LogP contribution < -0.4 is 10.1 Å². The zero-order valence-electron chi connectivity index (χ0n) is 12.6. The van der Waals surface area contributed by atoms with Crippen molar-refractivity contribution in [2.45, 2.75) is 50.7 Å². The highest BCUT2D eigenvalue weighted by atomic mass is 16.5. The van der Waals surface area contributed by atoms with Gasteiger partial charge in [0, 0.05) is 0 Å². The SMILES string of the molecule is C[C@H](Oc1ccc(C#N)cc1)C(=O)NC1(C#N)CCCCC1. The average Bonchev–Trinajstić information content (AvgIpc) is 2.56. The minimum atomic E-state index is -0.752. The largest absolute Gasteiger partial charge is 0.481 e. The molecule has 22 heavy (non-hydrogen) atoms. The molecule has 5 heteroatoms. The summed E-state index contributed by atoms with van der Waals surface area (Å²) >= 11 is 0. The van der Waals surface area contributed by atoms with Crippen molar-refractivity contribution in [3.8, 4) is 17.9 Å². The maximum Gasteiger partial charge on any atom is 0.262 e. The molecule has 2 rings (SSSR count). The molecule has 0 aromatic heterocycles. The van der Waals surface area contributed by atoms with Crippen LogP contribution in [0, 0.1) is 22.7 Å². The lowest BCUT2D eigenvalue weighted by Gasteiger charge is -2.32. The summed E-state index contributed by atoms with van der Waals surface area (Å²) in [6, 6.07) is 10.9. The number of ether oxygens (including phenoxy) is 1. The van der Waals surface area contributed by atoms with Crippen molar-refractivity contribution in [3.63, 3.8) is 0 Å². The van der Waals surface area contributed by atoms with Crippen LogP contribution in [0.3, 0.4) is 0 Å². The molecular formula is C17H19N3O2. The van der Waals surface area contributed by atoms with E-state index >= 15 is 0 Å². The first-order valence-electron chi connectivity index (χ1n) is 7.49. The smallest absolute Gasteiger partial charge is 0.262 e. The van der Waals surface area contributed by atoms with Gasteiger partial charge in [-0.3, -0.25) is 4.79 Å². The van der Waals surface area contributed by atoms with Crippen molar-refractivity contribution < 1.29 is 9.53 Å². The van der Waals surface area contributed by atoms with Crippen LogP contribution in [0.15, 0.2) is 24.3 Å². The van der Waals surface area contributed by atoms with E-state index in [2.05, 4.69) is 11.4 Å². The number of hydrogen-bond donors (Lipinski definition) is 1. The Hall–Kier alpha value is -2.53. The lowest BCUT2D eigenvalue weighted by Crippen LogP contribution is -2.52. The molecule has 5 nitrogen and oxygen atoms in total. The molecule has 0 saturated heterocycles. The quantitative estimate of drug-likeness (QED) is 0.925. The highest BCUT2D eigenvalue weighted by Crippen LogP contribution is 2.27. The summed E-state index contributed by atoms with van der Waals surface area (Å²) in [6.07, 6.45) is 3.71. The molecule has 1 aliphatic rings. The van der Waals surface area contributed by atoms with Gasteiger partial charge in [0.2, 0.25) is 0 Å². The maximum absolute atomic E-state index is 12.3. The van der Waals surface area contributed by atoms with Gasteiger partial charge in [0.25, 0.3) is 5.91 Å². The van der Waals surface area contributed by atoms with Gasteiger partial charge in [0.15, 0.2) is 6.10 Å². The first kappa shape index (κ1) is 15.9. The molecule has 0 radical (unpaired) electrons. The van der Waals surface area contributed by atoms with E-state index in [1.165, 1.54) is 0 Å². The van der Waals surface area contributed by atoms with Crippen LogP contribution in [0.1, 0.15) is 44.6 Å². The van der Waals surface area contributed by atoms with Gasteiger partial charge in [-0.25, -0.2) is 0 Å². The Balaban J connectivity index is 1.96. The van der Waals surface area contributed by atoms with E-state index in [4.69, 9.17) is 10.00 Å². The monoisotopic (exact) mass is 297 g/mol. The van der Waals surface area contributed by atoms with Gasteiger partial charge >= 0.3 is 0 Å². The number of carbonyl (C=O) groups excluding carboxylic acids is 1. The summed E-state index contributed by atoms with van der Waals surface area (Å²) in [5.74, 6) is 0.240. The zero-order chi connectivity index (χ0) is 16.0. The topological polar surface area (TPSA) is 85.9 Å². The first-order valence-corrected chi connectivity index (χ1v) is 7.49. The van der Waals surface area contributed by atoms with Crippen LogP contribution in [0.4, 0.5) is 0 Å². The van der Waals surface area contributed by atoms with E-state index in [1.807, 2.05) is 6.07 Å². The van der Waals surface area contributed by atoms with Crippen molar-refractivity contribution in [1.29, 1.82) is 10.5 Å². The Morgan fingerprint density at radius 2 is 1.86 bits per heavy atom. The lowest BCUT2D eigenvalue weighted by molar-refractivity contribution is -0.129. The van der Waals surface area contributed by atoms with Gasteiger partial charge in [-0.15, -0.1) is 0 Å². The molecule has 114 valence electrons. The molecule has 0 aliphatic heterocycles. The minimum Gasteiger partial charge on any atom is -0.481 e. The van der Waals surface area contributed by atoms with E-state index in [9.17, 15) is 10.1 Å². The second-order valence-corrected chi connectivity index (χ2v) is 5.64. The summed E-state index contributed by atoms with van der Waals surface area (Å²) in [6.45, 7) is 1.65. The fourth-order valence-electron chi connectivity index (χ4n) is 2.62. The van der Waals surface area contributed by atoms with Crippen LogP contribution in [-0.2, 0) is 4.79 Å². The number of amides is 1. The number of nitrogens with one attached hydrogen (secondary N) is 1. The molecule has 1 saturated carbocycles. The molecule has 1 amide bonds. The van der Waals surface area contributed by atoms with Gasteiger partial charge in [-0.05, 0) is 44.0 Å². The standard InChI is InChI=1S/C17H19N3O2/c1-13(22-15-7-5-14(11-18)6-8-15)16(21)20-17(12-19)9-3-2-4-10-17/h5-8,13H,2-4,9-10H2,1H3,(H,20,21)/t13-/m0/s1. The Labute approximate surface area is 130 Å². The summed E-state index contributed by atoms with van der Waals surface area (Å²) in [7, 11) is 0. The Morgan fingerprint density at radius 1 is 1.23 bits per heavy atom. The molecule has 0 bridgehead atoms. The van der Waals surface area contributed by atoms with Crippen LogP contribution in [0.2, 0.25) is 0 Å². The van der Waals surface area contributed by atoms with Crippen molar-refractivity contribution >= 4 is 5.91 Å². The number of nitriles is 2. The highest BCUT2D eigenvalue weighted by Gasteiger charge is 2.35. The second kappa shape index (κ2) is 6.95. The average molecular weight is 297 g/mol. The Morgan fingerprint density at radius 3 is 2.41 bits per heavy atom. The molecule has 1 aromatic rings. The second-order valence-electron chi connectivity index (χ2n) is 5.64. The predicted octanol–water partition coefficient (Wildman–Crippen LogP) is 2.67. The van der Waals surface area contributed by atoms with Crippen molar-refractivity contribution in [2.24, 2.45) is 0 Å². The zero-order valence-corrected chi connectivity index (χ0v) is 12.6. The first-order chi connectivity index (χ1) is 10.6. The highest BCUT2D eigenvalue weighted by molar-refractivity contribution is 5.82. The molecule has 1 atom stereocenters. The number of carbonyl (C=O) groups is 1. The minimum absolute atomic E-state index is 0.284. The fraction of sp³-hybridized carbons (Fsp3) is 0.471. The molecular weight excluding hydrogens is 278 g/mol. The summed E-state index contributed by atoms with van der Waals surface area (Å²) in [5, 5.41) is 21.0. The molecule has 0 spiro atoms. The van der Waals surface area contributed by atoms with E-state index in [0.29, 0.717) is 24.2 Å². The Kier molecular flexibility index (Phi) is 5.01. The van der Waals surface area contributed by atoms with Gasteiger partial charge in [0.05, 0.1) is 17.7 Å². The van der Waals surface area contributed by atoms with E-state index in [0.717, 1.165) is 19.3 Å². The predicted molar refractivity (Wildman–Crippen MR) is 80.8 cm³/mol. The molecule has 0 unspecified atom stereocenters. The third-order valence-corrected chi connectivity index (χ3v) is 3.95. The third kappa shape index (κ3) is 3.77. The van der Waals surface area contributed by atoms with Gasteiger partial charge < -0.3 is 10.1 Å². The number of benzene rings is 1. The van der Waals surface area contributed by atoms with E-state index < -0.39 is 11.6 Å². The molecule has 1 aromatic carbocycles. The van der Waals surface area contributed by atoms with Gasteiger partial charge in [-0.2, -0.15) is 10.5 Å². The van der Waals surface area contributed by atoms with Crippen LogP contribution >= 0.6 is 0 Å². The van der Waals surface area contributed by atoms with Crippen molar-refractivity contribution in [2.75, 3.05) is 0 Å². The van der Waals surface area contributed by atoms with Crippen LogP contribution in [-0.4, -0.2) is 17.6 Å². The van der Waals surface area contributed by atoms with E-state index in [1.54, 1.807) is 31.2 Å². The lowest BCUT2D eigenvalue weighted by atomic mass is 9.83. The molecule has 1 N–H and O–H groups in total. The number of rotatable bonds is 4. The number of nitrogens with zero attached hydrogens (tertiary/aromatic N) is 2. The molecule has 1 fully saturated rings. The van der Waals surface area contributed by atoms with Gasteiger partial charge in [-0.1, -0.05) is 19.3 Å². The maximum atomic E-state index is 12.3. The van der Waals surface area contributed by atoms with Crippen LogP contribution in [0.25, 0.3) is 0 Å². The van der Waals surface area contributed by atoms with Crippen molar-refractivity contribution in [3.05, 3.63) is 29.8 Å². The normalized spacial score (nSPS) is 17.6. The van der Waals surface area contributed by atoms with Gasteiger partial charge in [0.1, 0.15) is 11.3 Å². The molecule has 1 aliphatic carbocycles. The van der Waals surface area contributed by atoms with Crippen molar-refractivity contribution in [1.82, 2.24) is 5.32 Å². The molecule has 0 heterocycles. The van der Waals surface area contributed by atoms with E-state index in [-0.39, 0.29) is 5.91 Å². The summed E-state index contributed by atoms with van der Waals surface area (Å²) < 4.78 is 5.58. The summed E-state index contributed by atoms with van der Waals surface area (Å²) in [4.78, 5) is 12.3. The van der Waals surface area contributed by atoms with Crippen LogP contribution in [0.5, 0.6) is 5.75 Å². The Bertz CT molecular complexity index is 604.